The van der Waals surface area contributed by atoms with E-state index >= 15 is 0 Å². The van der Waals surface area contributed by atoms with E-state index in [2.05, 4.69) is 9.46 Å². The van der Waals surface area contributed by atoms with Crippen LogP contribution in [0.3, 0.4) is 0 Å². The quantitative estimate of drug-likeness (QED) is 0.371. The third-order valence-corrected chi connectivity index (χ3v) is 8.98. The Morgan fingerprint density at radius 2 is 1.48 bits per heavy atom. The minimum atomic E-state index is -1.75. The number of carbonyl (C=O) groups is 3. The van der Waals surface area contributed by atoms with Crippen molar-refractivity contribution in [2.24, 2.45) is 0 Å². The van der Waals surface area contributed by atoms with Crippen molar-refractivity contribution >= 4 is 75.0 Å². The number of benzene rings is 2. The van der Waals surface area contributed by atoms with E-state index in [9.17, 15) is 22.8 Å². The Balaban J connectivity index is 0.000000247. The van der Waals surface area contributed by atoms with Gasteiger partial charge in [0.1, 0.15) is 5.60 Å². The van der Waals surface area contributed by atoms with Crippen LogP contribution in [0.1, 0.15) is 48.4 Å². The van der Waals surface area contributed by atoms with Crippen LogP contribution in [0.2, 0.25) is 10.0 Å². The highest BCUT2D eigenvalue weighted by atomic mass is 35.5. The number of carbonyl (C=O) groups excluding carboxylic acids is 3. The molecule has 0 aromatic heterocycles. The molecule has 0 aliphatic carbocycles. The van der Waals surface area contributed by atoms with Gasteiger partial charge in [-0.25, -0.2) is 31.8 Å². The second-order valence-corrected chi connectivity index (χ2v) is 13.1. The molecule has 230 valence electrons. The molecule has 42 heavy (non-hydrogen) atoms. The van der Waals surface area contributed by atoms with Gasteiger partial charge in [0.15, 0.2) is 11.2 Å². The lowest BCUT2D eigenvalue weighted by molar-refractivity contribution is 0.0409. The average Bonchev–Trinajstić information content (AvgIpc) is 3.53. The molecule has 2 unspecified atom stereocenters. The predicted molar refractivity (Wildman–Crippen MR) is 162 cm³/mol. The molecule has 2 fully saturated rings. The Morgan fingerprint density at radius 1 is 0.905 bits per heavy atom. The zero-order valence-corrected chi connectivity index (χ0v) is 26.8. The molecule has 2 aliphatic rings. The van der Waals surface area contributed by atoms with Gasteiger partial charge in [0.2, 0.25) is 11.2 Å². The third-order valence-electron chi connectivity index (χ3n) is 5.60. The summed E-state index contributed by atoms with van der Waals surface area (Å²) in [5.74, 6) is -1.06. The molecule has 16 heteroatoms. The summed E-state index contributed by atoms with van der Waals surface area (Å²) < 4.78 is 46.2. The zero-order valence-electron chi connectivity index (χ0n) is 23.7. The van der Waals surface area contributed by atoms with Crippen LogP contribution in [0.15, 0.2) is 36.4 Å². The third kappa shape index (κ3) is 8.34. The van der Waals surface area contributed by atoms with E-state index < -0.39 is 46.0 Å². The van der Waals surface area contributed by atoms with Gasteiger partial charge in [-0.2, -0.15) is 0 Å². The highest BCUT2D eigenvalue weighted by molar-refractivity contribution is 7.85. The molecule has 2 atom stereocenters. The molecule has 1 amide bonds. The zero-order chi connectivity index (χ0) is 31.2. The van der Waals surface area contributed by atoms with Gasteiger partial charge in [0, 0.05) is 13.1 Å². The Kier molecular flexibility index (Phi) is 11.6. The smallest absolute Gasteiger partial charge is 0.423 e. The number of hydrogen-bond donors (Lipinski definition) is 1. The topological polar surface area (TPSA) is 135 Å². The lowest BCUT2D eigenvalue weighted by Gasteiger charge is -2.24. The van der Waals surface area contributed by atoms with Crippen molar-refractivity contribution in [3.05, 3.63) is 57.6 Å². The summed E-state index contributed by atoms with van der Waals surface area (Å²) in [5.41, 5.74) is 0.978. The molecule has 0 saturated carbocycles. The summed E-state index contributed by atoms with van der Waals surface area (Å²) >= 11 is 8.94. The van der Waals surface area contributed by atoms with Gasteiger partial charge in [0.25, 0.3) is 0 Å². The molecule has 2 heterocycles. The van der Waals surface area contributed by atoms with E-state index in [0.717, 1.165) is 4.31 Å². The number of methoxy groups -OCH3 is 1. The van der Waals surface area contributed by atoms with Crippen LogP contribution < -0.4 is 13.3 Å². The largest absolute Gasteiger partial charge is 0.465 e. The predicted octanol–water partition coefficient (Wildman–Crippen LogP) is 4.27. The molecule has 4 rings (SSSR count). The maximum absolute atomic E-state index is 12.6. The number of halogens is 2. The highest BCUT2D eigenvalue weighted by Crippen LogP contribution is 2.29. The van der Waals surface area contributed by atoms with Crippen LogP contribution in [-0.2, 0) is 36.6 Å². The monoisotopic (exact) mass is 662 g/mol. The lowest BCUT2D eigenvalue weighted by atomic mass is 10.2. The number of rotatable bonds is 5. The molecule has 1 N–H and O–H groups in total. The Hall–Kier alpha value is -2.91. The summed E-state index contributed by atoms with van der Waals surface area (Å²) in [5, 5.41) is 0.565. The second kappa shape index (κ2) is 14.5. The van der Waals surface area contributed by atoms with Crippen molar-refractivity contribution in [2.45, 2.75) is 33.3 Å². The van der Waals surface area contributed by atoms with Gasteiger partial charge >= 0.3 is 18.0 Å². The first-order chi connectivity index (χ1) is 19.8. The first kappa shape index (κ1) is 33.6. The fourth-order valence-electron chi connectivity index (χ4n) is 3.73. The van der Waals surface area contributed by atoms with Crippen LogP contribution >= 0.6 is 23.2 Å². The molecule has 2 aliphatic heterocycles. The Morgan fingerprint density at radius 3 is 1.98 bits per heavy atom. The number of nitrogens with zero attached hydrogens (tertiary/aromatic N) is 3. The van der Waals surface area contributed by atoms with E-state index in [4.69, 9.17) is 32.7 Å². The summed E-state index contributed by atoms with van der Waals surface area (Å²) in [6.45, 7) is 9.00. The van der Waals surface area contributed by atoms with Gasteiger partial charge in [0.05, 0.1) is 59.4 Å². The lowest BCUT2D eigenvalue weighted by Crippen LogP contribution is -2.37. The molecular weight excluding hydrogens is 631 g/mol. The van der Waals surface area contributed by atoms with Crippen molar-refractivity contribution in [3.63, 3.8) is 0 Å². The number of amides is 1. The van der Waals surface area contributed by atoms with Crippen molar-refractivity contribution in [1.29, 1.82) is 0 Å². The molecule has 2 saturated heterocycles. The van der Waals surface area contributed by atoms with Crippen LogP contribution in [0.25, 0.3) is 0 Å². The van der Waals surface area contributed by atoms with E-state index in [-0.39, 0.29) is 29.3 Å². The van der Waals surface area contributed by atoms with Crippen LogP contribution in [0.4, 0.5) is 16.2 Å². The summed E-state index contributed by atoms with van der Waals surface area (Å²) in [6, 6.07) is 9.59. The molecule has 2 aromatic carbocycles. The fourth-order valence-corrected chi connectivity index (χ4v) is 6.28. The SMILES string of the molecule is CCOC(=O)c1cc(N2CCN(C(=O)OC(C)(C)C)S2=O)ccc1Cl.COC(=O)c1cc(N2CCNS2=O)ccc1Cl. The van der Waals surface area contributed by atoms with Crippen molar-refractivity contribution in [3.8, 4) is 0 Å². The molecule has 12 nitrogen and oxygen atoms in total. The van der Waals surface area contributed by atoms with Gasteiger partial charge in [-0.15, -0.1) is 0 Å². The minimum absolute atomic E-state index is 0.189. The second-order valence-electron chi connectivity index (χ2n) is 9.70. The molecular formula is C26H32Cl2N4O8S2. The minimum Gasteiger partial charge on any atom is -0.465 e. The van der Waals surface area contributed by atoms with E-state index in [1.165, 1.54) is 23.5 Å². The van der Waals surface area contributed by atoms with Gasteiger partial charge < -0.3 is 14.2 Å². The average molecular weight is 664 g/mol. The number of nitrogens with one attached hydrogen (secondary N) is 1. The van der Waals surface area contributed by atoms with Crippen molar-refractivity contribution in [2.75, 3.05) is 48.5 Å². The van der Waals surface area contributed by atoms with E-state index in [1.807, 2.05) is 0 Å². The van der Waals surface area contributed by atoms with Crippen LogP contribution in [0.5, 0.6) is 0 Å². The van der Waals surface area contributed by atoms with Gasteiger partial charge in [-0.3, -0.25) is 8.61 Å². The molecule has 0 radical (unpaired) electrons. The number of ether oxygens (including phenoxy) is 3. The molecule has 0 bridgehead atoms. The van der Waals surface area contributed by atoms with Crippen LogP contribution in [0, 0.1) is 0 Å². The fraction of sp³-hybridized carbons (Fsp3) is 0.423. The molecule has 2 aromatic rings. The summed E-state index contributed by atoms with van der Waals surface area (Å²) in [7, 11) is 1.29. The van der Waals surface area contributed by atoms with Crippen molar-refractivity contribution < 1.29 is 37.0 Å². The van der Waals surface area contributed by atoms with Crippen LogP contribution in [-0.4, -0.2) is 76.3 Å². The number of esters is 2. The number of anilines is 2. The van der Waals surface area contributed by atoms with Gasteiger partial charge in [-0.05, 0) is 64.1 Å². The first-order valence-corrected chi connectivity index (χ1v) is 15.7. The van der Waals surface area contributed by atoms with Gasteiger partial charge in [-0.1, -0.05) is 23.2 Å². The standard InChI is InChI=1S/C16H21ClN2O5S.C10H11ClN2O3S/c1-5-23-14(20)12-10-11(6-7-13(12)17)18-8-9-19(25(18)22)15(21)24-16(2,3)4;1-16-10(14)8-6-7(2-3-9(8)11)13-5-4-12-17(13)15/h6-7,10H,5,8-9H2,1-4H3;2-3,6,12H,4-5H2,1H3. The normalized spacial score (nSPS) is 18.3. The maximum Gasteiger partial charge on any atom is 0.423 e. The Labute approximate surface area is 259 Å². The highest BCUT2D eigenvalue weighted by Gasteiger charge is 2.36. The number of hydrogen-bond acceptors (Lipinski definition) is 8. The summed E-state index contributed by atoms with van der Waals surface area (Å²) in [4.78, 5) is 35.6. The van der Waals surface area contributed by atoms with E-state index in [0.29, 0.717) is 36.0 Å². The summed E-state index contributed by atoms with van der Waals surface area (Å²) in [6.07, 6.45) is -0.645. The van der Waals surface area contributed by atoms with Crippen molar-refractivity contribution in [1.82, 2.24) is 9.03 Å². The Bertz CT molecular complexity index is 1390. The maximum atomic E-state index is 12.6. The van der Waals surface area contributed by atoms with E-state index in [1.54, 1.807) is 56.3 Å². The molecule has 0 spiro atoms. The first-order valence-electron chi connectivity index (χ1n) is 12.7.